The molecule has 0 spiro atoms. The van der Waals surface area contributed by atoms with Gasteiger partial charge in [0, 0.05) is 21.7 Å². The molecule has 2 aromatic carbocycles. The fraction of sp³-hybridized carbons (Fsp3) is 0.238. The molecule has 1 fully saturated rings. The lowest BCUT2D eigenvalue weighted by Gasteiger charge is -2.15. The van der Waals surface area contributed by atoms with Crippen molar-refractivity contribution in [1.29, 1.82) is 0 Å². The standard InChI is InChI=1S/C21H16Cl5F3N4O2/c1-9(30-8-20(27,28)29)32-33-18(34)14-7-13(2-3-15(14)24)31-19(35)17-16(21(17,25)26)10-4-11(22)6-12(23)5-10/h2-7,16-17,30,32H,1,8H2,(H,31,35)(H,33,34). The molecule has 0 heterocycles. The number of alkyl halides is 5. The second kappa shape index (κ2) is 10.5. The SMILES string of the molecule is C=C(NCC(F)(F)F)NNC(=O)c1cc(NC(=O)C2C(c3cc(Cl)cc(Cl)c3)C2(Cl)Cl)ccc1Cl. The molecule has 3 rings (SSSR count). The lowest BCUT2D eigenvalue weighted by molar-refractivity contribution is -0.123. The zero-order valence-electron chi connectivity index (χ0n) is 17.4. The molecule has 1 saturated carbocycles. The van der Waals surface area contributed by atoms with E-state index in [4.69, 9.17) is 58.0 Å². The Morgan fingerprint density at radius 3 is 2.23 bits per heavy atom. The molecule has 0 radical (unpaired) electrons. The van der Waals surface area contributed by atoms with Crippen molar-refractivity contribution in [1.82, 2.24) is 16.2 Å². The molecule has 1 aliphatic carbocycles. The first kappa shape index (κ1) is 27.5. The van der Waals surface area contributed by atoms with E-state index in [1.165, 1.54) is 24.3 Å². The van der Waals surface area contributed by atoms with Crippen LogP contribution in [0.3, 0.4) is 0 Å². The van der Waals surface area contributed by atoms with Crippen LogP contribution in [0.4, 0.5) is 18.9 Å². The largest absolute Gasteiger partial charge is 0.405 e. The molecular formula is C21H16Cl5F3N4O2. The van der Waals surface area contributed by atoms with Crippen molar-refractivity contribution in [2.24, 2.45) is 5.92 Å². The van der Waals surface area contributed by atoms with Gasteiger partial charge in [-0.2, -0.15) is 13.2 Å². The van der Waals surface area contributed by atoms with Crippen LogP contribution in [0, 0.1) is 5.92 Å². The molecule has 0 aliphatic heterocycles. The van der Waals surface area contributed by atoms with Crippen molar-refractivity contribution in [3.05, 3.63) is 75.0 Å². The molecule has 2 amide bonds. The van der Waals surface area contributed by atoms with E-state index in [2.05, 4.69) is 22.7 Å². The monoisotopic (exact) mass is 588 g/mol. The average molecular weight is 591 g/mol. The summed E-state index contributed by atoms with van der Waals surface area (Å²) < 4.78 is 35.3. The van der Waals surface area contributed by atoms with Gasteiger partial charge in [-0.15, -0.1) is 23.2 Å². The molecule has 2 unspecified atom stereocenters. The molecule has 6 nitrogen and oxygen atoms in total. The highest BCUT2D eigenvalue weighted by Crippen LogP contribution is 2.65. The second-order valence-corrected chi connectivity index (χ2v) is 10.3. The third-order valence-electron chi connectivity index (χ3n) is 4.89. The van der Waals surface area contributed by atoms with Gasteiger partial charge in [-0.25, -0.2) is 0 Å². The summed E-state index contributed by atoms with van der Waals surface area (Å²) in [5.74, 6) is -3.01. The molecule has 4 N–H and O–H groups in total. The molecule has 2 aromatic rings. The Hall–Kier alpha value is -2.04. The van der Waals surface area contributed by atoms with Crippen LogP contribution in [0.5, 0.6) is 0 Å². The van der Waals surface area contributed by atoms with Crippen LogP contribution < -0.4 is 21.5 Å². The molecule has 35 heavy (non-hydrogen) atoms. The smallest absolute Gasteiger partial charge is 0.362 e. The van der Waals surface area contributed by atoms with Crippen molar-refractivity contribution in [3.63, 3.8) is 0 Å². The Bertz CT molecular complexity index is 1160. The van der Waals surface area contributed by atoms with Gasteiger partial charge in [-0.3, -0.25) is 20.4 Å². The van der Waals surface area contributed by atoms with Crippen LogP contribution in [-0.2, 0) is 4.79 Å². The van der Waals surface area contributed by atoms with Crippen LogP contribution in [0.15, 0.2) is 48.8 Å². The van der Waals surface area contributed by atoms with E-state index in [0.29, 0.717) is 15.6 Å². The molecule has 14 heteroatoms. The Kier molecular flexibility index (Phi) is 8.28. The van der Waals surface area contributed by atoms with E-state index in [0.717, 1.165) is 0 Å². The quantitative estimate of drug-likeness (QED) is 0.224. The molecule has 0 aromatic heterocycles. The Labute approximate surface area is 223 Å². The number of hydrogen-bond donors (Lipinski definition) is 4. The number of benzene rings is 2. The number of anilines is 1. The second-order valence-electron chi connectivity index (χ2n) is 7.54. The minimum Gasteiger partial charge on any atom is -0.362 e. The number of hydrogen-bond acceptors (Lipinski definition) is 4. The molecule has 2 atom stereocenters. The van der Waals surface area contributed by atoms with Crippen molar-refractivity contribution in [2.75, 3.05) is 11.9 Å². The van der Waals surface area contributed by atoms with Crippen molar-refractivity contribution in [3.8, 4) is 0 Å². The zero-order valence-corrected chi connectivity index (χ0v) is 21.2. The lowest BCUT2D eigenvalue weighted by Crippen LogP contribution is -2.42. The molecular weight excluding hydrogens is 575 g/mol. The number of rotatable bonds is 8. The summed E-state index contributed by atoms with van der Waals surface area (Å²) in [7, 11) is 0. The predicted octanol–water partition coefficient (Wildman–Crippen LogP) is 6.03. The summed E-state index contributed by atoms with van der Waals surface area (Å²) >= 11 is 30.8. The van der Waals surface area contributed by atoms with Gasteiger partial charge in [0.25, 0.3) is 5.91 Å². The molecule has 1 aliphatic rings. The number of amides is 2. The highest BCUT2D eigenvalue weighted by atomic mass is 35.5. The van der Waals surface area contributed by atoms with E-state index < -0.39 is 40.7 Å². The van der Waals surface area contributed by atoms with Crippen molar-refractivity contribution in [2.45, 2.75) is 16.4 Å². The van der Waals surface area contributed by atoms with Gasteiger partial charge in [-0.1, -0.05) is 41.4 Å². The van der Waals surface area contributed by atoms with Crippen LogP contribution in [0.1, 0.15) is 21.8 Å². The van der Waals surface area contributed by atoms with Gasteiger partial charge in [0.15, 0.2) is 0 Å². The third kappa shape index (κ3) is 7.01. The van der Waals surface area contributed by atoms with Crippen LogP contribution in [0.25, 0.3) is 0 Å². The Morgan fingerprint density at radius 1 is 1.00 bits per heavy atom. The first-order valence-electron chi connectivity index (χ1n) is 9.69. The summed E-state index contributed by atoms with van der Waals surface area (Å²) in [6, 6.07) is 8.84. The van der Waals surface area contributed by atoms with Gasteiger partial charge in [0.2, 0.25) is 5.91 Å². The number of hydrazine groups is 1. The third-order valence-corrected chi connectivity index (χ3v) is 6.59. The lowest BCUT2D eigenvalue weighted by atomic mass is 10.1. The van der Waals surface area contributed by atoms with Crippen LogP contribution >= 0.6 is 58.0 Å². The van der Waals surface area contributed by atoms with E-state index in [9.17, 15) is 22.8 Å². The van der Waals surface area contributed by atoms with Gasteiger partial charge in [0.05, 0.1) is 16.5 Å². The Morgan fingerprint density at radius 2 is 1.63 bits per heavy atom. The molecule has 0 saturated heterocycles. The average Bonchev–Trinajstić information content (AvgIpc) is 3.32. The van der Waals surface area contributed by atoms with Gasteiger partial charge in [0.1, 0.15) is 16.7 Å². The van der Waals surface area contributed by atoms with E-state index in [1.807, 2.05) is 5.32 Å². The highest BCUT2D eigenvalue weighted by Gasteiger charge is 2.67. The first-order chi connectivity index (χ1) is 16.2. The number of carbonyl (C=O) groups excluding carboxylic acids is 2. The number of carbonyl (C=O) groups is 2. The van der Waals surface area contributed by atoms with E-state index in [-0.39, 0.29) is 22.1 Å². The number of halogens is 8. The fourth-order valence-electron chi connectivity index (χ4n) is 3.27. The van der Waals surface area contributed by atoms with Crippen molar-refractivity contribution < 1.29 is 22.8 Å². The number of nitrogens with one attached hydrogen (secondary N) is 4. The summed E-state index contributed by atoms with van der Waals surface area (Å²) in [5.41, 5.74) is 5.09. The van der Waals surface area contributed by atoms with Crippen molar-refractivity contribution >= 4 is 75.5 Å². The predicted molar refractivity (Wildman–Crippen MR) is 131 cm³/mol. The maximum Gasteiger partial charge on any atom is 0.405 e. The maximum absolute atomic E-state index is 12.9. The Balaban J connectivity index is 1.66. The normalized spacial score (nSPS) is 18.4. The van der Waals surface area contributed by atoms with Crippen LogP contribution in [0.2, 0.25) is 15.1 Å². The van der Waals surface area contributed by atoms with Gasteiger partial charge in [-0.05, 0) is 42.0 Å². The fourth-order valence-corrected chi connectivity index (χ4v) is 4.84. The van der Waals surface area contributed by atoms with E-state index in [1.54, 1.807) is 12.1 Å². The van der Waals surface area contributed by atoms with Crippen LogP contribution in [-0.4, -0.2) is 28.9 Å². The first-order valence-corrected chi connectivity index (χ1v) is 11.6. The van der Waals surface area contributed by atoms with Gasteiger partial charge < -0.3 is 10.6 Å². The highest BCUT2D eigenvalue weighted by molar-refractivity contribution is 6.53. The minimum atomic E-state index is -4.46. The summed E-state index contributed by atoms with van der Waals surface area (Å²) in [4.78, 5) is 25.3. The molecule has 188 valence electrons. The zero-order chi connectivity index (χ0) is 26.1. The minimum absolute atomic E-state index is 0.0260. The molecule has 0 bridgehead atoms. The summed E-state index contributed by atoms with van der Waals surface area (Å²) in [6.07, 6.45) is -4.46. The van der Waals surface area contributed by atoms with Gasteiger partial charge >= 0.3 is 6.18 Å². The summed E-state index contributed by atoms with van der Waals surface area (Å²) in [6.45, 7) is 1.97. The van der Waals surface area contributed by atoms with E-state index >= 15 is 0 Å². The maximum atomic E-state index is 12.9. The topological polar surface area (TPSA) is 82.3 Å². The summed E-state index contributed by atoms with van der Waals surface area (Å²) in [5, 5.41) is 5.33.